The van der Waals surface area contributed by atoms with Crippen molar-refractivity contribution in [1.29, 1.82) is 0 Å². The third kappa shape index (κ3) is 2.23. The summed E-state index contributed by atoms with van der Waals surface area (Å²) in [5, 5.41) is 10.1. The van der Waals surface area contributed by atoms with Crippen LogP contribution in [0.2, 0.25) is 0 Å². The minimum atomic E-state index is -0.679. The molecule has 0 aromatic heterocycles. The minimum Gasteiger partial charge on any atom is -0.454 e. The molecule has 0 amide bonds. The van der Waals surface area contributed by atoms with Crippen LogP contribution in [0.25, 0.3) is 0 Å². The molecule has 1 aromatic rings. The van der Waals surface area contributed by atoms with Crippen molar-refractivity contribution >= 4 is 0 Å². The van der Waals surface area contributed by atoms with Crippen LogP contribution in [0.3, 0.4) is 0 Å². The van der Waals surface area contributed by atoms with Crippen LogP contribution in [0.1, 0.15) is 43.9 Å². The molecular weight excluding hydrogens is 218 g/mol. The van der Waals surface area contributed by atoms with Crippen molar-refractivity contribution < 1.29 is 14.6 Å². The summed E-state index contributed by atoms with van der Waals surface area (Å²) in [6.07, 6.45) is -0.679. The Bertz CT molecular complexity index is 415. The highest BCUT2D eigenvalue weighted by atomic mass is 16.7. The zero-order valence-electron chi connectivity index (χ0n) is 10.4. The highest BCUT2D eigenvalue weighted by molar-refractivity contribution is 5.50. The lowest BCUT2D eigenvalue weighted by atomic mass is 9.91. The maximum absolute atomic E-state index is 10.1. The summed E-state index contributed by atoms with van der Waals surface area (Å²) in [7, 11) is 0. The molecule has 1 aliphatic rings. The van der Waals surface area contributed by atoms with E-state index in [0.29, 0.717) is 11.7 Å². The maximum atomic E-state index is 10.1. The molecule has 0 bridgehead atoms. The number of aliphatic hydroxyl groups is 1. The van der Waals surface area contributed by atoms with E-state index in [1.54, 1.807) is 6.92 Å². The van der Waals surface area contributed by atoms with Crippen LogP contribution in [0.4, 0.5) is 0 Å². The van der Waals surface area contributed by atoms with E-state index < -0.39 is 6.10 Å². The molecule has 4 heteroatoms. The summed E-state index contributed by atoms with van der Waals surface area (Å²) >= 11 is 0. The van der Waals surface area contributed by atoms with Gasteiger partial charge in [-0.2, -0.15) is 0 Å². The second-order valence-corrected chi connectivity index (χ2v) is 4.79. The van der Waals surface area contributed by atoms with Crippen LogP contribution in [-0.2, 0) is 0 Å². The number of nitrogens with two attached hydrogens (primary N) is 1. The Morgan fingerprint density at radius 3 is 2.12 bits per heavy atom. The highest BCUT2D eigenvalue weighted by Crippen LogP contribution is 2.39. The molecule has 17 heavy (non-hydrogen) atoms. The van der Waals surface area contributed by atoms with Gasteiger partial charge in [0.1, 0.15) is 0 Å². The molecule has 1 aliphatic heterocycles. The van der Waals surface area contributed by atoms with Crippen molar-refractivity contribution in [2.24, 2.45) is 5.73 Å². The number of rotatable bonds is 3. The van der Waals surface area contributed by atoms with Crippen molar-refractivity contribution in [3.8, 4) is 11.5 Å². The minimum absolute atomic E-state index is 0.241. The standard InChI is InChI=1S/C13H19NO3/c1-7(2)9-4-11-12(17-6-16-11)5-10(9)13(15)8(3)14/h4-5,7-8,13,15H,6,14H2,1-3H3. The Morgan fingerprint density at radius 2 is 1.65 bits per heavy atom. The molecule has 0 saturated heterocycles. The number of benzene rings is 1. The molecular formula is C13H19NO3. The number of hydrogen-bond donors (Lipinski definition) is 2. The molecule has 2 rings (SSSR count). The summed E-state index contributed by atoms with van der Waals surface area (Å²) in [6, 6.07) is 3.47. The van der Waals surface area contributed by atoms with E-state index in [4.69, 9.17) is 15.2 Å². The summed E-state index contributed by atoms with van der Waals surface area (Å²) < 4.78 is 10.7. The molecule has 0 spiro atoms. The first-order valence-electron chi connectivity index (χ1n) is 5.87. The zero-order chi connectivity index (χ0) is 12.6. The van der Waals surface area contributed by atoms with Gasteiger partial charge in [-0.15, -0.1) is 0 Å². The summed E-state index contributed by atoms with van der Waals surface area (Å²) in [6.45, 7) is 6.19. The number of aliphatic hydroxyl groups excluding tert-OH is 1. The number of fused-ring (bicyclic) bond motifs is 1. The highest BCUT2D eigenvalue weighted by Gasteiger charge is 2.23. The second-order valence-electron chi connectivity index (χ2n) is 4.79. The molecule has 1 heterocycles. The van der Waals surface area contributed by atoms with Crippen LogP contribution < -0.4 is 15.2 Å². The molecule has 3 N–H and O–H groups in total. The van der Waals surface area contributed by atoms with Crippen molar-refractivity contribution in [3.05, 3.63) is 23.3 Å². The van der Waals surface area contributed by atoms with E-state index in [2.05, 4.69) is 13.8 Å². The molecule has 94 valence electrons. The predicted octanol–water partition coefficient (Wildman–Crippen LogP) is 1.92. The Balaban J connectivity index is 2.48. The lowest BCUT2D eigenvalue weighted by molar-refractivity contribution is 0.151. The normalized spacial score (nSPS) is 17.3. The Hall–Kier alpha value is -1.26. The van der Waals surface area contributed by atoms with Gasteiger partial charge in [-0.05, 0) is 36.1 Å². The van der Waals surface area contributed by atoms with Gasteiger partial charge in [-0.25, -0.2) is 0 Å². The zero-order valence-corrected chi connectivity index (χ0v) is 10.4. The first-order valence-corrected chi connectivity index (χ1v) is 5.87. The van der Waals surface area contributed by atoms with Gasteiger partial charge in [0.15, 0.2) is 11.5 Å². The van der Waals surface area contributed by atoms with E-state index >= 15 is 0 Å². The lowest BCUT2D eigenvalue weighted by Gasteiger charge is -2.21. The molecule has 0 aliphatic carbocycles. The quantitative estimate of drug-likeness (QED) is 0.843. The molecule has 0 saturated carbocycles. The summed E-state index contributed by atoms with van der Waals surface area (Å²) in [5.41, 5.74) is 7.65. The van der Waals surface area contributed by atoms with Gasteiger partial charge in [0.05, 0.1) is 6.10 Å². The van der Waals surface area contributed by atoms with Crippen molar-refractivity contribution in [2.45, 2.75) is 38.8 Å². The van der Waals surface area contributed by atoms with E-state index in [1.165, 1.54) is 0 Å². The molecule has 2 unspecified atom stereocenters. The fraction of sp³-hybridized carbons (Fsp3) is 0.538. The molecule has 0 fully saturated rings. The van der Waals surface area contributed by atoms with Crippen molar-refractivity contribution in [1.82, 2.24) is 0 Å². The van der Waals surface area contributed by atoms with Gasteiger partial charge >= 0.3 is 0 Å². The van der Waals surface area contributed by atoms with Crippen molar-refractivity contribution in [3.63, 3.8) is 0 Å². The second kappa shape index (κ2) is 4.55. The van der Waals surface area contributed by atoms with Gasteiger partial charge in [0, 0.05) is 6.04 Å². The van der Waals surface area contributed by atoms with E-state index in [9.17, 15) is 5.11 Å². The smallest absolute Gasteiger partial charge is 0.231 e. The maximum Gasteiger partial charge on any atom is 0.231 e. The monoisotopic (exact) mass is 237 g/mol. The van der Waals surface area contributed by atoms with Crippen LogP contribution in [0.5, 0.6) is 11.5 Å². The average molecular weight is 237 g/mol. The molecule has 2 atom stereocenters. The largest absolute Gasteiger partial charge is 0.454 e. The van der Waals surface area contributed by atoms with Gasteiger partial charge < -0.3 is 20.3 Å². The van der Waals surface area contributed by atoms with Crippen LogP contribution in [0.15, 0.2) is 12.1 Å². The fourth-order valence-corrected chi connectivity index (χ4v) is 2.01. The van der Waals surface area contributed by atoms with E-state index in [-0.39, 0.29) is 12.8 Å². The Morgan fingerprint density at radius 1 is 1.12 bits per heavy atom. The Kier molecular flexibility index (Phi) is 3.26. The fourth-order valence-electron chi connectivity index (χ4n) is 2.01. The summed E-state index contributed by atoms with van der Waals surface area (Å²) in [4.78, 5) is 0. The van der Waals surface area contributed by atoms with Gasteiger partial charge in [0.2, 0.25) is 6.79 Å². The van der Waals surface area contributed by atoms with Crippen LogP contribution in [-0.4, -0.2) is 17.9 Å². The summed E-state index contributed by atoms with van der Waals surface area (Å²) in [5.74, 6) is 1.73. The van der Waals surface area contributed by atoms with Gasteiger partial charge in [-0.1, -0.05) is 13.8 Å². The third-order valence-electron chi connectivity index (χ3n) is 3.02. The Labute approximate surface area is 101 Å². The average Bonchev–Trinajstić information content (AvgIpc) is 2.72. The van der Waals surface area contributed by atoms with E-state index in [1.807, 2.05) is 12.1 Å². The van der Waals surface area contributed by atoms with E-state index in [0.717, 1.165) is 16.9 Å². The first kappa shape index (κ1) is 12.2. The molecule has 0 radical (unpaired) electrons. The first-order chi connectivity index (χ1) is 8.00. The topological polar surface area (TPSA) is 64.7 Å². The number of ether oxygens (including phenoxy) is 2. The SMILES string of the molecule is CC(C)c1cc2c(cc1C(O)C(C)N)OCO2. The predicted molar refractivity (Wildman–Crippen MR) is 65.3 cm³/mol. The van der Waals surface area contributed by atoms with Crippen molar-refractivity contribution in [2.75, 3.05) is 6.79 Å². The van der Waals surface area contributed by atoms with Gasteiger partial charge in [-0.3, -0.25) is 0 Å². The number of hydrogen-bond acceptors (Lipinski definition) is 4. The van der Waals surface area contributed by atoms with Crippen LogP contribution >= 0.6 is 0 Å². The molecule has 1 aromatic carbocycles. The lowest BCUT2D eigenvalue weighted by Crippen LogP contribution is -2.25. The molecule has 4 nitrogen and oxygen atoms in total. The van der Waals surface area contributed by atoms with Crippen LogP contribution in [0, 0.1) is 0 Å². The third-order valence-corrected chi connectivity index (χ3v) is 3.02. The van der Waals surface area contributed by atoms with Gasteiger partial charge in [0.25, 0.3) is 0 Å².